The van der Waals surface area contributed by atoms with Gasteiger partial charge in [-0.1, -0.05) is 11.6 Å². The fraction of sp³-hybridized carbons (Fsp3) is 0.333. The van der Waals surface area contributed by atoms with Crippen molar-refractivity contribution < 1.29 is 0 Å². The van der Waals surface area contributed by atoms with E-state index >= 15 is 0 Å². The van der Waals surface area contributed by atoms with Crippen LogP contribution in [0.5, 0.6) is 0 Å². The molecule has 3 aliphatic heterocycles. The molecule has 5 heterocycles. The van der Waals surface area contributed by atoms with Crippen molar-refractivity contribution in [2.75, 3.05) is 22.9 Å². The molecule has 6 rings (SSSR count). The highest BCUT2D eigenvalue weighted by molar-refractivity contribution is 6.31. The van der Waals surface area contributed by atoms with Crippen LogP contribution in [0.15, 0.2) is 36.7 Å². The number of hydrogen-bond donors (Lipinski definition) is 0. The van der Waals surface area contributed by atoms with Gasteiger partial charge in [-0.2, -0.15) is 0 Å². The lowest BCUT2D eigenvalue weighted by Crippen LogP contribution is -2.69. The van der Waals surface area contributed by atoms with Crippen molar-refractivity contribution in [2.24, 2.45) is 0 Å². The van der Waals surface area contributed by atoms with Crippen molar-refractivity contribution in [3.63, 3.8) is 0 Å². The number of fused-ring (bicyclic) bond motifs is 3. The first kappa shape index (κ1) is 14.8. The molecular formula is C18H17ClN6. The summed E-state index contributed by atoms with van der Waals surface area (Å²) in [6, 6.07) is 8.53. The van der Waals surface area contributed by atoms with Gasteiger partial charge in [0.05, 0.1) is 29.3 Å². The summed E-state index contributed by atoms with van der Waals surface area (Å²) in [5.41, 5.74) is 1.72. The summed E-state index contributed by atoms with van der Waals surface area (Å²) in [5.74, 6) is 2.78. The van der Waals surface area contributed by atoms with E-state index in [0.717, 1.165) is 41.6 Å². The van der Waals surface area contributed by atoms with Gasteiger partial charge in [0.15, 0.2) is 0 Å². The Kier molecular flexibility index (Phi) is 3.28. The van der Waals surface area contributed by atoms with E-state index in [1.165, 1.54) is 6.42 Å². The molecule has 2 atom stereocenters. The number of hydrogen-bond acceptors (Lipinski definition) is 6. The Balaban J connectivity index is 1.40. The normalized spacial score (nSPS) is 22.2. The molecule has 3 aromatic rings. The first-order valence-corrected chi connectivity index (χ1v) is 8.80. The van der Waals surface area contributed by atoms with Crippen LogP contribution in [-0.2, 0) is 0 Å². The number of benzene rings is 1. The monoisotopic (exact) mass is 352 g/mol. The molecule has 0 spiro atoms. The van der Waals surface area contributed by atoms with E-state index in [4.69, 9.17) is 16.6 Å². The largest absolute Gasteiger partial charge is 0.352 e. The third kappa shape index (κ3) is 2.48. The molecule has 126 valence electrons. The second-order valence-electron chi connectivity index (χ2n) is 6.68. The van der Waals surface area contributed by atoms with Crippen LogP contribution in [0.1, 0.15) is 12.2 Å². The highest BCUT2D eigenvalue weighted by Crippen LogP contribution is 2.37. The minimum Gasteiger partial charge on any atom is -0.352 e. The molecule has 3 aliphatic rings. The van der Waals surface area contributed by atoms with Gasteiger partial charge >= 0.3 is 0 Å². The van der Waals surface area contributed by atoms with Crippen LogP contribution in [0.2, 0.25) is 5.02 Å². The van der Waals surface area contributed by atoms with E-state index in [-0.39, 0.29) is 0 Å². The van der Waals surface area contributed by atoms with Crippen LogP contribution in [-0.4, -0.2) is 45.1 Å². The van der Waals surface area contributed by atoms with Gasteiger partial charge in [0, 0.05) is 24.3 Å². The summed E-state index contributed by atoms with van der Waals surface area (Å²) in [5, 5.41) is 0.686. The zero-order chi connectivity index (χ0) is 17.0. The molecule has 2 unspecified atom stereocenters. The van der Waals surface area contributed by atoms with Gasteiger partial charge < -0.3 is 9.80 Å². The number of rotatable bonds is 2. The minimum absolute atomic E-state index is 0.452. The molecule has 2 aromatic heterocycles. The van der Waals surface area contributed by atoms with Crippen LogP contribution in [0.25, 0.3) is 11.0 Å². The summed E-state index contributed by atoms with van der Waals surface area (Å²) in [4.78, 5) is 22.8. The van der Waals surface area contributed by atoms with Crippen LogP contribution in [0.4, 0.5) is 11.6 Å². The lowest BCUT2D eigenvalue weighted by atomic mass is 9.87. The topological polar surface area (TPSA) is 58.0 Å². The van der Waals surface area contributed by atoms with Crippen molar-refractivity contribution in [1.29, 1.82) is 0 Å². The zero-order valence-corrected chi connectivity index (χ0v) is 14.6. The number of anilines is 2. The molecular weight excluding hydrogens is 336 g/mol. The Morgan fingerprint density at radius 1 is 1.00 bits per heavy atom. The van der Waals surface area contributed by atoms with Crippen LogP contribution in [0.3, 0.4) is 0 Å². The molecule has 6 nitrogen and oxygen atoms in total. The van der Waals surface area contributed by atoms with Crippen molar-refractivity contribution in [1.82, 2.24) is 19.9 Å². The third-order valence-electron chi connectivity index (χ3n) is 5.03. The predicted octanol–water partition coefficient (Wildman–Crippen LogP) is 2.85. The second kappa shape index (κ2) is 5.52. The Bertz CT molecular complexity index is 949. The number of aromatic nitrogens is 4. The van der Waals surface area contributed by atoms with Crippen LogP contribution in [0, 0.1) is 6.92 Å². The number of piperidine rings is 1. The van der Waals surface area contributed by atoms with Gasteiger partial charge in [0.25, 0.3) is 0 Å². The Labute approximate surface area is 150 Å². The summed E-state index contributed by atoms with van der Waals surface area (Å²) in [6.07, 6.45) is 4.89. The zero-order valence-electron chi connectivity index (χ0n) is 13.8. The summed E-state index contributed by atoms with van der Waals surface area (Å²) in [7, 11) is 0. The maximum atomic E-state index is 6.03. The average Bonchev–Trinajstić information content (AvgIpc) is 2.62. The lowest BCUT2D eigenvalue weighted by Gasteiger charge is -2.57. The van der Waals surface area contributed by atoms with Gasteiger partial charge in [-0.15, -0.1) is 0 Å². The van der Waals surface area contributed by atoms with Crippen molar-refractivity contribution in [3.8, 4) is 0 Å². The van der Waals surface area contributed by atoms with Gasteiger partial charge in [-0.3, -0.25) is 4.98 Å². The van der Waals surface area contributed by atoms with Crippen molar-refractivity contribution >= 4 is 34.3 Å². The summed E-state index contributed by atoms with van der Waals surface area (Å²) >= 11 is 6.03. The van der Waals surface area contributed by atoms with E-state index in [2.05, 4.69) is 24.8 Å². The standard InChI is InChI=1S/C18H17ClN6/c1-11-20-5-4-17(22-11)24-9-13-7-14(10-24)25(13)18-8-21-16-6-12(19)2-3-15(16)23-18/h2-6,8,13-14H,7,9-10H2,1H3. The lowest BCUT2D eigenvalue weighted by molar-refractivity contribution is 0.288. The van der Waals surface area contributed by atoms with Crippen molar-refractivity contribution in [2.45, 2.75) is 25.4 Å². The molecule has 3 fully saturated rings. The summed E-state index contributed by atoms with van der Waals surface area (Å²) in [6.45, 7) is 3.83. The first-order valence-electron chi connectivity index (χ1n) is 8.42. The molecule has 2 bridgehead atoms. The highest BCUT2D eigenvalue weighted by atomic mass is 35.5. The molecule has 0 N–H and O–H groups in total. The van der Waals surface area contributed by atoms with E-state index < -0.39 is 0 Å². The van der Waals surface area contributed by atoms with Gasteiger partial charge in [-0.05, 0) is 37.6 Å². The molecule has 0 aliphatic carbocycles. The van der Waals surface area contributed by atoms with Gasteiger partial charge in [0.2, 0.25) is 0 Å². The van der Waals surface area contributed by atoms with Crippen LogP contribution >= 0.6 is 11.6 Å². The molecule has 25 heavy (non-hydrogen) atoms. The van der Waals surface area contributed by atoms with Gasteiger partial charge in [0.1, 0.15) is 17.5 Å². The molecule has 0 amide bonds. The van der Waals surface area contributed by atoms with Gasteiger partial charge in [-0.25, -0.2) is 15.0 Å². The van der Waals surface area contributed by atoms with Crippen LogP contribution < -0.4 is 9.80 Å². The molecule has 7 heteroatoms. The maximum Gasteiger partial charge on any atom is 0.148 e. The number of piperazine rings is 1. The molecule has 0 saturated carbocycles. The van der Waals surface area contributed by atoms with E-state index in [1.807, 2.05) is 43.6 Å². The minimum atomic E-state index is 0.452. The Morgan fingerprint density at radius 3 is 2.64 bits per heavy atom. The fourth-order valence-electron chi connectivity index (χ4n) is 3.89. The maximum absolute atomic E-state index is 6.03. The smallest absolute Gasteiger partial charge is 0.148 e. The molecule has 1 aromatic carbocycles. The Morgan fingerprint density at radius 2 is 1.84 bits per heavy atom. The van der Waals surface area contributed by atoms with E-state index in [9.17, 15) is 0 Å². The van der Waals surface area contributed by atoms with E-state index in [1.54, 1.807) is 0 Å². The second-order valence-corrected chi connectivity index (χ2v) is 7.12. The number of nitrogens with zero attached hydrogens (tertiary/aromatic N) is 6. The number of halogens is 1. The highest BCUT2D eigenvalue weighted by Gasteiger charge is 2.45. The van der Waals surface area contributed by atoms with Crippen molar-refractivity contribution in [3.05, 3.63) is 47.5 Å². The molecule has 0 radical (unpaired) electrons. The summed E-state index contributed by atoms with van der Waals surface area (Å²) < 4.78 is 0. The first-order chi connectivity index (χ1) is 12.2. The van der Waals surface area contributed by atoms with E-state index in [0.29, 0.717) is 17.1 Å². The SMILES string of the molecule is Cc1nccc(N2CC3CC(C2)N3c2cnc3cc(Cl)ccc3n2)n1. The average molecular weight is 353 g/mol. The predicted molar refractivity (Wildman–Crippen MR) is 98.2 cm³/mol. The number of aryl methyl sites for hydroxylation is 1. The fourth-order valence-corrected chi connectivity index (χ4v) is 4.06. The molecule has 3 saturated heterocycles. The quantitative estimate of drug-likeness (QED) is 0.707. The third-order valence-corrected chi connectivity index (χ3v) is 5.27. The Hall–Kier alpha value is -2.47.